The van der Waals surface area contributed by atoms with Gasteiger partial charge < -0.3 is 56.8 Å². The van der Waals surface area contributed by atoms with Gasteiger partial charge in [0.1, 0.15) is 90.1 Å². The molecule has 8 rings (SSSR count). The minimum Gasteiger partial charge on any atom is -0.488 e. The minimum atomic E-state index is -1.12. The van der Waals surface area contributed by atoms with Crippen molar-refractivity contribution >= 4 is 69.2 Å². The van der Waals surface area contributed by atoms with Crippen LogP contribution in [-0.2, 0) is 38.1 Å². The van der Waals surface area contributed by atoms with Crippen LogP contribution in [0.15, 0.2) is 0 Å². The van der Waals surface area contributed by atoms with E-state index in [9.17, 15) is 19.2 Å². The van der Waals surface area contributed by atoms with Gasteiger partial charge in [0.25, 0.3) is 0 Å². The largest absolute Gasteiger partial charge is 0.488 e. The monoisotopic (exact) mass is 1580 g/mol. The number of esters is 4. The number of carbonyl (C=O) groups excluding carboxylic acids is 4. The van der Waals surface area contributed by atoms with Gasteiger partial charge in [-0.2, -0.15) is 0 Å². The standard InChI is InChI=1S/C88H138O16S4/c1-11-19-27-33-35-41-49-67(47-39-31-23-15-5)85(91)103-61-88(62-104-86(92)68(48-40-32-24-16-6)50-42-36-34-28-20-12-2)57-99-75-76(100-58-88)82(108-81(75)77-71-69(63(9)105-77)93-51-52-94-71)80-74-73(95-53-54-96-74)79(107-80)78-72-70(64(10)106-78)97-55-87(56-98-72,59-101-83(89)65(43-25-17-7)45-37-29-21-13-3)60-102-84(90)66(44-26-18-8)46-38-30-22-14-4/h65-68H,11-62H2,1-10H3. The number of carbonyl (C=O) groups is 4. The number of fused-ring (bicyclic) bond motifs is 4. The van der Waals surface area contributed by atoms with Crippen molar-refractivity contribution in [2.45, 2.75) is 326 Å². The Morgan fingerprint density at radius 3 is 0.750 bits per heavy atom. The third-order valence-electron chi connectivity index (χ3n) is 22.1. The van der Waals surface area contributed by atoms with Gasteiger partial charge in [-0.3, -0.25) is 19.2 Å². The molecule has 108 heavy (non-hydrogen) atoms. The topological polar surface area (TPSA) is 179 Å². The van der Waals surface area contributed by atoms with Gasteiger partial charge >= 0.3 is 23.9 Å². The molecule has 8 heterocycles. The minimum absolute atomic E-state index is 0.00573. The Kier molecular flexibility index (Phi) is 39.6. The van der Waals surface area contributed by atoms with E-state index >= 15 is 0 Å². The molecule has 0 aliphatic carbocycles. The van der Waals surface area contributed by atoms with E-state index in [1.165, 1.54) is 61.2 Å². The summed E-state index contributed by atoms with van der Waals surface area (Å²) in [5.74, 6) is 2.66. The number of ether oxygens (including phenoxy) is 12. The summed E-state index contributed by atoms with van der Waals surface area (Å²) in [6.45, 7) is 23.0. The predicted molar refractivity (Wildman–Crippen MR) is 440 cm³/mol. The van der Waals surface area contributed by atoms with Crippen LogP contribution in [0, 0.1) is 48.3 Å². The van der Waals surface area contributed by atoms with E-state index in [0.717, 1.165) is 257 Å². The lowest BCUT2D eigenvalue weighted by atomic mass is 9.91. The molecule has 0 saturated carbocycles. The quantitative estimate of drug-likeness (QED) is 0.0231. The van der Waals surface area contributed by atoms with Crippen molar-refractivity contribution in [1.29, 1.82) is 0 Å². The van der Waals surface area contributed by atoms with E-state index in [0.29, 0.717) is 72.4 Å². The summed E-state index contributed by atoms with van der Waals surface area (Å²) < 4.78 is 81.4. The van der Waals surface area contributed by atoms with Crippen LogP contribution in [-0.4, -0.2) is 103 Å². The van der Waals surface area contributed by atoms with Crippen LogP contribution in [0.5, 0.6) is 46.0 Å². The summed E-state index contributed by atoms with van der Waals surface area (Å²) in [5.41, 5.74) is -2.17. The van der Waals surface area contributed by atoms with Crippen LogP contribution >= 0.6 is 45.3 Å². The van der Waals surface area contributed by atoms with Crippen molar-refractivity contribution in [2.24, 2.45) is 34.5 Å². The van der Waals surface area contributed by atoms with Crippen LogP contribution < -0.4 is 37.9 Å². The van der Waals surface area contributed by atoms with Gasteiger partial charge in [0.2, 0.25) is 0 Å². The predicted octanol–water partition coefficient (Wildman–Crippen LogP) is 25.0. The molecule has 0 radical (unpaired) electrons. The molecule has 4 aromatic rings. The fourth-order valence-corrected chi connectivity index (χ4v) is 20.1. The molecule has 4 aliphatic rings. The number of thiophene rings is 4. The summed E-state index contributed by atoms with van der Waals surface area (Å²) in [4.78, 5) is 65.0. The maximum Gasteiger partial charge on any atom is 0.308 e. The molecule has 0 bridgehead atoms. The molecule has 4 aromatic heterocycles. The lowest BCUT2D eigenvalue weighted by molar-refractivity contribution is -0.164. The molecular formula is C88H138O16S4. The van der Waals surface area contributed by atoms with E-state index in [1.807, 2.05) is 13.8 Å². The van der Waals surface area contributed by atoms with Crippen molar-refractivity contribution in [1.82, 2.24) is 0 Å². The molecule has 0 fully saturated rings. The Hall–Kier alpha value is -4.92. The number of hydrogen-bond acceptors (Lipinski definition) is 20. The van der Waals surface area contributed by atoms with Gasteiger partial charge in [-0.1, -0.05) is 261 Å². The van der Waals surface area contributed by atoms with Crippen molar-refractivity contribution < 1.29 is 76.0 Å². The zero-order chi connectivity index (χ0) is 76.9. The van der Waals surface area contributed by atoms with Crippen molar-refractivity contribution in [3.63, 3.8) is 0 Å². The average Bonchev–Trinajstić information content (AvgIpc) is 1.58. The van der Waals surface area contributed by atoms with Crippen LogP contribution in [0.3, 0.4) is 0 Å². The fraction of sp³-hybridized carbons (Fsp3) is 0.773. The first-order valence-corrected chi connectivity index (χ1v) is 46.3. The van der Waals surface area contributed by atoms with Crippen molar-refractivity contribution in [3.8, 4) is 75.3 Å². The lowest BCUT2D eigenvalue weighted by Gasteiger charge is -2.31. The van der Waals surface area contributed by atoms with E-state index in [1.54, 1.807) is 22.7 Å². The summed E-state index contributed by atoms with van der Waals surface area (Å²) in [6, 6.07) is 0. The summed E-state index contributed by atoms with van der Waals surface area (Å²) >= 11 is 6.15. The highest BCUT2D eigenvalue weighted by Gasteiger charge is 2.46. The Bertz CT molecular complexity index is 3200. The molecule has 0 saturated heterocycles. The first-order valence-electron chi connectivity index (χ1n) is 43.0. The Labute approximate surface area is 665 Å². The van der Waals surface area contributed by atoms with Crippen LogP contribution in [0.25, 0.3) is 29.3 Å². The third kappa shape index (κ3) is 26.1. The highest BCUT2D eigenvalue weighted by Crippen LogP contribution is 2.66. The summed E-state index contributed by atoms with van der Waals surface area (Å²) in [5, 5.41) is 0. The molecule has 4 unspecified atom stereocenters. The Balaban J connectivity index is 1.17. The summed E-state index contributed by atoms with van der Waals surface area (Å²) in [7, 11) is 0. The average molecular weight is 1580 g/mol. The van der Waals surface area contributed by atoms with Crippen LogP contribution in [0.2, 0.25) is 0 Å². The second kappa shape index (κ2) is 48.2. The maximum absolute atomic E-state index is 14.8. The molecule has 16 nitrogen and oxygen atoms in total. The van der Waals surface area contributed by atoms with Crippen molar-refractivity contribution in [2.75, 3.05) is 79.3 Å². The SMILES string of the molecule is CCCCCCCCC(CCCCCC)C(=O)OCC1(COC(=O)C(CCCCCC)CCCCCCCC)COc2c(-c3sc(C)c4c3OCCO4)sc(-c3sc(-c4sc(C)c5c4OCC(COC(=O)C(CCCC)CCCCCC)(COC(=O)C(CCCC)CCCCCC)CO5)c4c3OCCO4)c2OC1. The molecule has 4 atom stereocenters. The van der Waals surface area contributed by atoms with E-state index < -0.39 is 10.8 Å². The molecule has 0 spiro atoms. The summed E-state index contributed by atoms with van der Waals surface area (Å²) in [6.07, 6.45) is 40.6. The molecule has 610 valence electrons. The molecule has 0 aromatic carbocycles. The second-order valence-electron chi connectivity index (χ2n) is 31.7. The van der Waals surface area contributed by atoms with E-state index in [4.69, 9.17) is 56.8 Å². The first kappa shape index (κ1) is 88.6. The number of aryl methyl sites for hydroxylation is 2. The number of hydrogen-bond donors (Lipinski definition) is 0. The molecule has 0 N–H and O–H groups in total. The normalized spacial score (nSPS) is 17.7. The van der Waals surface area contributed by atoms with Crippen molar-refractivity contribution in [3.05, 3.63) is 9.75 Å². The van der Waals surface area contributed by atoms with Gasteiger partial charge in [0.15, 0.2) is 46.0 Å². The van der Waals surface area contributed by atoms with E-state index in [-0.39, 0.29) is 100 Å². The number of unbranched alkanes of at least 4 members (excludes halogenated alkanes) is 24. The molecule has 0 amide bonds. The fourth-order valence-electron chi connectivity index (χ4n) is 15.2. The lowest BCUT2D eigenvalue weighted by Crippen LogP contribution is -2.44. The molecule has 20 heteroatoms. The Morgan fingerprint density at radius 2 is 0.463 bits per heavy atom. The van der Waals surface area contributed by atoms with Gasteiger partial charge in [-0.25, -0.2) is 0 Å². The van der Waals surface area contributed by atoms with Gasteiger partial charge in [0, 0.05) is 9.75 Å². The van der Waals surface area contributed by atoms with Gasteiger partial charge in [-0.05, 0) is 65.2 Å². The molecule has 4 aliphatic heterocycles. The van der Waals surface area contributed by atoms with Crippen LogP contribution in [0.1, 0.15) is 322 Å². The highest BCUT2D eigenvalue weighted by atomic mass is 32.1. The number of rotatable bonds is 55. The van der Waals surface area contributed by atoms with Gasteiger partial charge in [0.05, 0.1) is 52.9 Å². The van der Waals surface area contributed by atoms with Crippen LogP contribution in [0.4, 0.5) is 0 Å². The second-order valence-corrected chi connectivity index (χ2v) is 36.2. The molecular weight excluding hydrogens is 1440 g/mol. The zero-order valence-corrected chi connectivity index (χ0v) is 71.5. The van der Waals surface area contributed by atoms with E-state index in [2.05, 4.69) is 55.4 Å². The zero-order valence-electron chi connectivity index (χ0n) is 68.2. The Morgan fingerprint density at radius 1 is 0.269 bits per heavy atom. The van der Waals surface area contributed by atoms with Gasteiger partial charge in [-0.15, -0.1) is 45.3 Å². The maximum atomic E-state index is 14.8. The smallest absolute Gasteiger partial charge is 0.308 e. The third-order valence-corrected chi connectivity index (χ3v) is 27.1. The first-order chi connectivity index (χ1) is 52.7. The highest BCUT2D eigenvalue weighted by molar-refractivity contribution is 7.29.